The molecule has 5 nitrogen and oxygen atoms in total. The van der Waals surface area contributed by atoms with Gasteiger partial charge in [-0.25, -0.2) is 4.79 Å². The number of carbonyl (C=O) groups is 2. The average Bonchev–Trinajstić information content (AvgIpc) is 3.16. The summed E-state index contributed by atoms with van der Waals surface area (Å²) in [5, 5.41) is 13.4. The number of aliphatic carboxylic acids is 1. The van der Waals surface area contributed by atoms with Crippen LogP contribution in [0.5, 0.6) is 0 Å². The number of unbranched alkanes of at least 4 members (excludes halogenated alkanes) is 11. The summed E-state index contributed by atoms with van der Waals surface area (Å²) < 4.78 is 2.00. The molecule has 0 spiro atoms. The molecular formula is C30H46N2O3. The van der Waals surface area contributed by atoms with Gasteiger partial charge in [-0.1, -0.05) is 88.6 Å². The minimum absolute atomic E-state index is 0.171. The molecule has 2 aromatic rings. The van der Waals surface area contributed by atoms with Crippen LogP contribution >= 0.6 is 0 Å². The number of carbonyl (C=O) groups excluding carboxylic acids is 1. The summed E-state index contributed by atoms with van der Waals surface area (Å²) >= 11 is 0. The van der Waals surface area contributed by atoms with E-state index in [9.17, 15) is 14.7 Å². The number of nitrogens with zero attached hydrogens (tertiary/aromatic N) is 1. The Labute approximate surface area is 212 Å². The predicted octanol–water partition coefficient (Wildman–Crippen LogP) is 7.33. The number of benzene rings is 1. The summed E-state index contributed by atoms with van der Waals surface area (Å²) in [6.45, 7) is 2.26. The van der Waals surface area contributed by atoms with Crippen molar-refractivity contribution in [2.75, 3.05) is 0 Å². The van der Waals surface area contributed by atoms with Gasteiger partial charge in [0.1, 0.15) is 6.04 Å². The quantitative estimate of drug-likeness (QED) is 0.163. The van der Waals surface area contributed by atoms with Gasteiger partial charge in [-0.3, -0.25) is 4.79 Å². The zero-order valence-corrected chi connectivity index (χ0v) is 21.9. The van der Waals surface area contributed by atoms with Crippen molar-refractivity contribution in [3.05, 3.63) is 48.2 Å². The van der Waals surface area contributed by atoms with Crippen LogP contribution in [0.15, 0.2) is 42.6 Å². The molecule has 35 heavy (non-hydrogen) atoms. The number of amides is 1. The van der Waals surface area contributed by atoms with Crippen molar-refractivity contribution in [2.45, 2.75) is 109 Å². The van der Waals surface area contributed by atoms with E-state index in [-0.39, 0.29) is 12.3 Å². The van der Waals surface area contributed by atoms with Crippen LogP contribution in [0.4, 0.5) is 0 Å². The molecule has 0 saturated heterocycles. The van der Waals surface area contributed by atoms with Crippen LogP contribution in [0.3, 0.4) is 0 Å². The molecule has 2 N–H and O–H groups in total. The molecule has 2 rings (SSSR count). The number of carboxylic acid groups (broad SMARTS) is 1. The fourth-order valence-corrected chi connectivity index (χ4v) is 4.63. The molecule has 1 aromatic carbocycles. The lowest BCUT2D eigenvalue weighted by Crippen LogP contribution is -2.42. The summed E-state index contributed by atoms with van der Waals surface area (Å²) in [7, 11) is 1.95. The number of fused-ring (bicyclic) bond motifs is 1. The van der Waals surface area contributed by atoms with Gasteiger partial charge in [-0.2, -0.15) is 0 Å². The van der Waals surface area contributed by atoms with Gasteiger partial charge in [0.05, 0.1) is 0 Å². The fourth-order valence-electron chi connectivity index (χ4n) is 4.63. The number of hydrogen-bond donors (Lipinski definition) is 2. The Morgan fingerprint density at radius 1 is 0.914 bits per heavy atom. The smallest absolute Gasteiger partial charge is 0.326 e. The van der Waals surface area contributed by atoms with Gasteiger partial charge in [0, 0.05) is 37.0 Å². The van der Waals surface area contributed by atoms with Gasteiger partial charge in [-0.15, -0.1) is 0 Å². The fraction of sp³-hybridized carbons (Fsp3) is 0.600. The van der Waals surface area contributed by atoms with Crippen LogP contribution in [0, 0.1) is 0 Å². The monoisotopic (exact) mass is 482 g/mol. The van der Waals surface area contributed by atoms with Gasteiger partial charge in [-0.05, 0) is 43.7 Å². The number of carboxylic acids is 1. The number of aryl methyl sites for hydroxylation is 1. The first kappa shape index (κ1) is 28.7. The number of rotatable bonds is 19. The summed E-state index contributed by atoms with van der Waals surface area (Å²) in [6, 6.07) is 7.02. The summed E-state index contributed by atoms with van der Waals surface area (Å²) in [5.74, 6) is -1.16. The lowest BCUT2D eigenvalue weighted by molar-refractivity contribution is -0.141. The zero-order chi connectivity index (χ0) is 25.3. The van der Waals surface area contributed by atoms with Crippen molar-refractivity contribution in [3.63, 3.8) is 0 Å². The highest BCUT2D eigenvalue weighted by Gasteiger charge is 2.22. The van der Waals surface area contributed by atoms with Gasteiger partial charge >= 0.3 is 5.97 Å². The van der Waals surface area contributed by atoms with E-state index in [0.717, 1.165) is 42.1 Å². The van der Waals surface area contributed by atoms with Gasteiger partial charge in [0.15, 0.2) is 0 Å². The Balaban J connectivity index is 1.55. The summed E-state index contributed by atoms with van der Waals surface area (Å²) in [5.41, 5.74) is 2.00. The van der Waals surface area contributed by atoms with E-state index in [0.29, 0.717) is 6.42 Å². The Bertz CT molecular complexity index is 915. The first-order valence-corrected chi connectivity index (χ1v) is 13.7. The zero-order valence-electron chi connectivity index (χ0n) is 21.9. The number of para-hydroxylation sites is 1. The molecule has 5 heteroatoms. The maximum absolute atomic E-state index is 12.4. The standard InChI is InChI=1S/C30H46N2O3/c1-3-4-5-6-7-8-9-10-11-12-13-14-15-16-17-22-29(33)31-27(30(34)35)23-25-24-32(2)28-21-19-18-20-26(25)28/h10-11,18-21,24,27H,3-9,12-17,22-23H2,1-2H3,(H,31,33)(H,34,35). The highest BCUT2D eigenvalue weighted by Crippen LogP contribution is 2.21. The number of hydrogen-bond acceptors (Lipinski definition) is 2. The Hall–Kier alpha value is -2.56. The van der Waals surface area contributed by atoms with Crippen LogP contribution in [0.1, 0.15) is 102 Å². The molecule has 1 amide bonds. The molecule has 0 aliphatic carbocycles. The molecule has 1 unspecified atom stereocenters. The number of allylic oxidation sites excluding steroid dienone is 2. The summed E-state index contributed by atoms with van der Waals surface area (Å²) in [4.78, 5) is 24.1. The Morgan fingerprint density at radius 2 is 1.51 bits per heavy atom. The van der Waals surface area contributed by atoms with E-state index in [2.05, 4.69) is 24.4 Å². The third-order valence-electron chi connectivity index (χ3n) is 6.70. The molecule has 0 aliphatic heterocycles. The SMILES string of the molecule is CCCCCCCCC=CCCCCCCCC(=O)NC(Cc1cn(C)c2ccccc12)C(=O)O. The molecule has 0 fully saturated rings. The van der Waals surface area contributed by atoms with Crippen LogP contribution in [-0.4, -0.2) is 27.6 Å². The minimum Gasteiger partial charge on any atom is -0.480 e. The highest BCUT2D eigenvalue weighted by atomic mass is 16.4. The van der Waals surface area contributed by atoms with Gasteiger partial charge in [0.25, 0.3) is 0 Å². The largest absolute Gasteiger partial charge is 0.480 e. The maximum atomic E-state index is 12.4. The first-order valence-electron chi connectivity index (χ1n) is 13.7. The maximum Gasteiger partial charge on any atom is 0.326 e. The Morgan fingerprint density at radius 3 is 2.17 bits per heavy atom. The third-order valence-corrected chi connectivity index (χ3v) is 6.70. The third kappa shape index (κ3) is 11.1. The van der Waals surface area contributed by atoms with Crippen LogP contribution in [0.2, 0.25) is 0 Å². The van der Waals surface area contributed by atoms with E-state index in [1.54, 1.807) is 0 Å². The van der Waals surface area contributed by atoms with Crippen LogP contribution in [-0.2, 0) is 23.1 Å². The van der Waals surface area contributed by atoms with E-state index < -0.39 is 12.0 Å². The van der Waals surface area contributed by atoms with Gasteiger partial charge < -0.3 is 15.0 Å². The second kappa shape index (κ2) is 17.0. The van der Waals surface area contributed by atoms with Crippen molar-refractivity contribution < 1.29 is 14.7 Å². The topological polar surface area (TPSA) is 71.3 Å². The predicted molar refractivity (Wildman–Crippen MR) is 146 cm³/mol. The van der Waals surface area contributed by atoms with E-state index >= 15 is 0 Å². The van der Waals surface area contributed by atoms with Crippen molar-refractivity contribution in [2.24, 2.45) is 7.05 Å². The average molecular weight is 483 g/mol. The van der Waals surface area contributed by atoms with Crippen molar-refractivity contribution in [1.29, 1.82) is 0 Å². The molecule has 0 bridgehead atoms. The van der Waals surface area contributed by atoms with Crippen molar-refractivity contribution in [1.82, 2.24) is 9.88 Å². The van der Waals surface area contributed by atoms with Crippen LogP contribution in [0.25, 0.3) is 10.9 Å². The van der Waals surface area contributed by atoms with Crippen LogP contribution < -0.4 is 5.32 Å². The lowest BCUT2D eigenvalue weighted by atomic mass is 10.0. The van der Waals surface area contributed by atoms with Gasteiger partial charge in [0.2, 0.25) is 5.91 Å². The molecule has 1 aromatic heterocycles. The molecular weight excluding hydrogens is 436 g/mol. The molecule has 0 radical (unpaired) electrons. The lowest BCUT2D eigenvalue weighted by Gasteiger charge is -2.14. The number of aromatic nitrogens is 1. The molecule has 194 valence electrons. The Kier molecular flexibility index (Phi) is 13.9. The van der Waals surface area contributed by atoms with E-state index in [4.69, 9.17) is 0 Å². The molecule has 0 aliphatic rings. The molecule has 0 saturated carbocycles. The van der Waals surface area contributed by atoms with Crippen molar-refractivity contribution >= 4 is 22.8 Å². The highest BCUT2D eigenvalue weighted by molar-refractivity contribution is 5.87. The van der Waals surface area contributed by atoms with Crippen molar-refractivity contribution in [3.8, 4) is 0 Å². The second-order valence-electron chi connectivity index (χ2n) is 9.78. The molecule has 1 heterocycles. The van der Waals surface area contributed by atoms with E-state index in [1.807, 2.05) is 42.1 Å². The second-order valence-corrected chi connectivity index (χ2v) is 9.78. The normalized spacial score (nSPS) is 12.4. The molecule has 1 atom stereocenters. The summed E-state index contributed by atoms with van der Waals surface area (Å²) in [6.07, 6.45) is 23.1. The van der Waals surface area contributed by atoms with E-state index in [1.165, 1.54) is 57.8 Å². The minimum atomic E-state index is -0.990. The first-order chi connectivity index (χ1) is 17.0. The number of nitrogens with one attached hydrogen (secondary N) is 1.